The molecule has 0 radical (unpaired) electrons. The minimum absolute atomic E-state index is 0.391. The number of amides is 1. The molecule has 0 saturated carbocycles. The fraction of sp³-hybridized carbons (Fsp3) is 0.286. The molecule has 10 heavy (non-hydrogen) atoms. The van der Waals surface area contributed by atoms with Crippen molar-refractivity contribution in [3.63, 3.8) is 0 Å². The summed E-state index contributed by atoms with van der Waals surface area (Å²) in [4.78, 5) is 10.5. The van der Waals surface area contributed by atoms with Gasteiger partial charge in [-0.2, -0.15) is 0 Å². The zero-order valence-electron chi connectivity index (χ0n) is 5.87. The van der Waals surface area contributed by atoms with Gasteiger partial charge in [0.25, 0.3) is 0 Å². The van der Waals surface area contributed by atoms with Crippen LogP contribution in [0.1, 0.15) is 13.3 Å². The quantitative estimate of drug-likeness (QED) is 0.452. The molecule has 3 nitrogen and oxygen atoms in total. The third-order valence-corrected chi connectivity index (χ3v) is 1.11. The van der Waals surface area contributed by atoms with Crippen LogP contribution in [0.15, 0.2) is 24.0 Å². The number of carbonyl (C=O) groups is 1. The Bertz CT molecular complexity index is 170. The average Bonchev–Trinajstić information content (AvgIpc) is 1.89. The molecular formula is C7H11NO2. The third kappa shape index (κ3) is 2.91. The summed E-state index contributed by atoms with van der Waals surface area (Å²) in [5, 5.41) is 8.23. The van der Waals surface area contributed by atoms with Crippen molar-refractivity contribution in [1.82, 2.24) is 0 Å². The van der Waals surface area contributed by atoms with Crippen LogP contribution >= 0.6 is 0 Å². The lowest BCUT2D eigenvalue weighted by atomic mass is 10.2. The van der Waals surface area contributed by atoms with Crippen molar-refractivity contribution < 1.29 is 9.90 Å². The van der Waals surface area contributed by atoms with Gasteiger partial charge in [-0.05, 0) is 19.4 Å². The fourth-order valence-corrected chi connectivity index (χ4v) is 0.540. The van der Waals surface area contributed by atoms with Gasteiger partial charge in [-0.15, -0.1) is 0 Å². The van der Waals surface area contributed by atoms with E-state index in [0.717, 1.165) is 6.26 Å². The van der Waals surface area contributed by atoms with Crippen LogP contribution in [0.2, 0.25) is 0 Å². The predicted molar refractivity (Wildman–Crippen MR) is 39.3 cm³/mol. The van der Waals surface area contributed by atoms with Crippen molar-refractivity contribution >= 4 is 5.91 Å². The van der Waals surface area contributed by atoms with Gasteiger partial charge in [-0.3, -0.25) is 4.79 Å². The summed E-state index contributed by atoms with van der Waals surface area (Å²) in [5.74, 6) is -0.444. The van der Waals surface area contributed by atoms with E-state index in [4.69, 9.17) is 10.8 Å². The molecule has 0 rings (SSSR count). The first-order valence-corrected chi connectivity index (χ1v) is 2.96. The number of aliphatic hydroxyl groups excluding tert-OH is 1. The van der Waals surface area contributed by atoms with Crippen LogP contribution < -0.4 is 5.73 Å². The molecule has 0 aromatic carbocycles. The molecular weight excluding hydrogens is 130 g/mol. The second-order valence-corrected chi connectivity index (χ2v) is 1.77. The van der Waals surface area contributed by atoms with Crippen molar-refractivity contribution in [3.05, 3.63) is 24.0 Å². The monoisotopic (exact) mass is 141 g/mol. The molecule has 0 saturated heterocycles. The van der Waals surface area contributed by atoms with E-state index < -0.39 is 5.91 Å². The molecule has 0 aliphatic heterocycles. The maximum Gasteiger partial charge on any atom is 0.244 e. The molecule has 0 fully saturated rings. The third-order valence-electron chi connectivity index (χ3n) is 1.11. The lowest BCUT2D eigenvalue weighted by Gasteiger charge is -1.94. The number of carbonyl (C=O) groups excluding carboxylic acids is 1. The molecule has 3 N–H and O–H groups in total. The van der Waals surface area contributed by atoms with E-state index in [1.54, 1.807) is 13.0 Å². The van der Waals surface area contributed by atoms with Crippen molar-refractivity contribution in [3.8, 4) is 0 Å². The van der Waals surface area contributed by atoms with Gasteiger partial charge < -0.3 is 10.8 Å². The van der Waals surface area contributed by atoms with Gasteiger partial charge in [0.1, 0.15) is 0 Å². The molecule has 0 heterocycles. The van der Waals surface area contributed by atoms with Crippen molar-refractivity contribution in [2.75, 3.05) is 0 Å². The summed E-state index contributed by atoms with van der Waals surface area (Å²) in [6.45, 7) is 1.73. The number of hydrogen-bond donors (Lipinski definition) is 2. The van der Waals surface area contributed by atoms with Gasteiger partial charge in [-0.25, -0.2) is 0 Å². The van der Waals surface area contributed by atoms with E-state index in [-0.39, 0.29) is 0 Å². The summed E-state index contributed by atoms with van der Waals surface area (Å²) >= 11 is 0. The highest BCUT2D eigenvalue weighted by molar-refractivity contribution is 5.92. The second-order valence-electron chi connectivity index (χ2n) is 1.77. The van der Waals surface area contributed by atoms with Gasteiger partial charge in [-0.1, -0.05) is 6.08 Å². The first kappa shape index (κ1) is 8.75. The second kappa shape index (κ2) is 4.61. The number of aliphatic hydroxyl groups is 1. The minimum atomic E-state index is -0.444. The summed E-state index contributed by atoms with van der Waals surface area (Å²) in [5.41, 5.74) is 5.47. The van der Waals surface area contributed by atoms with Crippen molar-refractivity contribution in [2.24, 2.45) is 5.73 Å². The Labute approximate surface area is 59.8 Å². The summed E-state index contributed by atoms with van der Waals surface area (Å²) in [7, 11) is 0. The molecule has 0 aliphatic rings. The Kier molecular flexibility index (Phi) is 4.04. The Morgan fingerprint density at radius 3 is 2.60 bits per heavy atom. The highest BCUT2D eigenvalue weighted by atomic mass is 16.2. The molecule has 0 bridgehead atoms. The molecule has 0 aliphatic carbocycles. The van der Waals surface area contributed by atoms with Gasteiger partial charge >= 0.3 is 0 Å². The van der Waals surface area contributed by atoms with E-state index in [9.17, 15) is 4.79 Å². The topological polar surface area (TPSA) is 63.3 Å². The Morgan fingerprint density at radius 1 is 1.70 bits per heavy atom. The Morgan fingerprint density at radius 2 is 2.30 bits per heavy atom. The predicted octanol–water partition coefficient (Wildman–Crippen LogP) is 0.880. The van der Waals surface area contributed by atoms with Crippen LogP contribution in [-0.2, 0) is 4.79 Å². The fourth-order valence-electron chi connectivity index (χ4n) is 0.540. The van der Waals surface area contributed by atoms with Crippen LogP contribution in [0.5, 0.6) is 0 Å². The normalized spacial score (nSPS) is 12.3. The number of nitrogens with two attached hydrogens (primary N) is 1. The molecule has 56 valence electrons. The van der Waals surface area contributed by atoms with Gasteiger partial charge in [0.05, 0.1) is 6.26 Å². The minimum Gasteiger partial charge on any atom is -0.516 e. The van der Waals surface area contributed by atoms with E-state index >= 15 is 0 Å². The number of allylic oxidation sites excluding steroid dienone is 2. The van der Waals surface area contributed by atoms with E-state index in [0.29, 0.717) is 12.0 Å². The molecule has 0 atom stereocenters. The summed E-state index contributed by atoms with van der Waals surface area (Å²) < 4.78 is 0. The van der Waals surface area contributed by atoms with Crippen LogP contribution in [0, 0.1) is 0 Å². The van der Waals surface area contributed by atoms with Crippen LogP contribution in [0.4, 0.5) is 0 Å². The van der Waals surface area contributed by atoms with Crippen LogP contribution in [-0.4, -0.2) is 11.0 Å². The van der Waals surface area contributed by atoms with E-state index in [2.05, 4.69) is 0 Å². The maximum atomic E-state index is 10.5. The van der Waals surface area contributed by atoms with E-state index in [1.165, 1.54) is 6.08 Å². The zero-order valence-corrected chi connectivity index (χ0v) is 5.87. The first-order chi connectivity index (χ1) is 4.72. The molecule has 0 aromatic heterocycles. The number of rotatable bonds is 3. The molecule has 1 amide bonds. The Hall–Kier alpha value is -1.25. The molecule has 0 aromatic rings. The lowest BCUT2D eigenvalue weighted by molar-refractivity contribution is -0.114. The first-order valence-electron chi connectivity index (χ1n) is 2.96. The maximum absolute atomic E-state index is 10.5. The van der Waals surface area contributed by atoms with Gasteiger partial charge in [0.15, 0.2) is 0 Å². The van der Waals surface area contributed by atoms with Crippen LogP contribution in [0.25, 0.3) is 0 Å². The van der Waals surface area contributed by atoms with Crippen molar-refractivity contribution in [1.29, 1.82) is 0 Å². The van der Waals surface area contributed by atoms with Gasteiger partial charge in [0.2, 0.25) is 5.91 Å². The molecule has 0 unspecified atom stereocenters. The smallest absolute Gasteiger partial charge is 0.244 e. The standard InChI is InChI=1S/C7H11NO2/c1-2-6(7(8)10)4-3-5-9/h2-3,5,9H,4H2,1H3,(H2,8,10). The molecule has 0 spiro atoms. The highest BCUT2D eigenvalue weighted by Gasteiger charge is 1.98. The summed E-state index contributed by atoms with van der Waals surface area (Å²) in [6.07, 6.45) is 4.37. The number of primary amides is 1. The van der Waals surface area contributed by atoms with Crippen LogP contribution in [0.3, 0.4) is 0 Å². The van der Waals surface area contributed by atoms with Crippen molar-refractivity contribution in [2.45, 2.75) is 13.3 Å². The Balaban J connectivity index is 3.99. The zero-order chi connectivity index (χ0) is 7.98. The highest BCUT2D eigenvalue weighted by Crippen LogP contribution is 1.99. The lowest BCUT2D eigenvalue weighted by Crippen LogP contribution is -2.13. The largest absolute Gasteiger partial charge is 0.516 e. The summed E-state index contributed by atoms with van der Waals surface area (Å²) in [6, 6.07) is 0. The van der Waals surface area contributed by atoms with E-state index in [1.807, 2.05) is 0 Å². The SMILES string of the molecule is CC=C(CC=CO)C(N)=O. The molecule has 3 heteroatoms. The average molecular weight is 141 g/mol. The van der Waals surface area contributed by atoms with Gasteiger partial charge in [0, 0.05) is 5.57 Å². The number of hydrogen-bond acceptors (Lipinski definition) is 2.